The molecule has 5 heteroatoms. The molecule has 0 bridgehead atoms. The van der Waals surface area contributed by atoms with Crippen molar-refractivity contribution in [3.8, 4) is 6.07 Å². The number of hydrogen-bond donors (Lipinski definition) is 0. The van der Waals surface area contributed by atoms with Gasteiger partial charge in [0.1, 0.15) is 6.07 Å². The van der Waals surface area contributed by atoms with Crippen molar-refractivity contribution in [3.05, 3.63) is 29.3 Å². The second kappa shape index (κ2) is 7.69. The minimum absolute atomic E-state index is 0.0110. The van der Waals surface area contributed by atoms with Gasteiger partial charge in [-0.05, 0) is 56.7 Å². The Hall–Kier alpha value is -2.35. The van der Waals surface area contributed by atoms with Crippen LogP contribution in [0.25, 0.3) is 0 Å². The molecule has 1 aromatic rings. The summed E-state index contributed by atoms with van der Waals surface area (Å²) in [5.74, 6) is 0.731. The molecule has 2 fully saturated rings. The van der Waals surface area contributed by atoms with E-state index in [1.807, 2.05) is 11.0 Å². The lowest BCUT2D eigenvalue weighted by molar-refractivity contribution is -0.131. The number of carbonyl (C=O) groups is 2. The molecule has 0 aliphatic carbocycles. The van der Waals surface area contributed by atoms with Crippen LogP contribution < -0.4 is 4.90 Å². The van der Waals surface area contributed by atoms with Gasteiger partial charge in [-0.15, -0.1) is 0 Å². The Kier molecular flexibility index (Phi) is 5.37. The van der Waals surface area contributed by atoms with Crippen molar-refractivity contribution in [3.63, 3.8) is 0 Å². The Bertz CT molecular complexity index is 693. The first kappa shape index (κ1) is 17.5. The van der Waals surface area contributed by atoms with Gasteiger partial charge in [0.2, 0.25) is 5.91 Å². The first-order chi connectivity index (χ1) is 12.1. The second-order valence-corrected chi connectivity index (χ2v) is 7.12. The maximum absolute atomic E-state index is 12.3. The first-order valence-corrected chi connectivity index (χ1v) is 9.16. The Labute approximate surface area is 149 Å². The molecule has 1 aromatic carbocycles. The summed E-state index contributed by atoms with van der Waals surface area (Å²) in [4.78, 5) is 28.1. The van der Waals surface area contributed by atoms with Gasteiger partial charge in [0.25, 0.3) is 0 Å². The maximum Gasteiger partial charge on any atom is 0.222 e. The van der Waals surface area contributed by atoms with Crippen molar-refractivity contribution in [2.24, 2.45) is 5.92 Å². The lowest BCUT2D eigenvalue weighted by Crippen LogP contribution is -2.37. The molecule has 2 aliphatic heterocycles. The van der Waals surface area contributed by atoms with E-state index in [9.17, 15) is 14.9 Å². The van der Waals surface area contributed by atoms with Gasteiger partial charge in [-0.3, -0.25) is 9.59 Å². The Morgan fingerprint density at radius 2 is 1.84 bits per heavy atom. The van der Waals surface area contributed by atoms with Crippen LogP contribution in [0.5, 0.6) is 0 Å². The van der Waals surface area contributed by atoms with Gasteiger partial charge in [-0.25, -0.2) is 0 Å². The Morgan fingerprint density at radius 3 is 2.44 bits per heavy atom. The van der Waals surface area contributed by atoms with E-state index in [0.717, 1.165) is 57.5 Å². The monoisotopic (exact) mass is 339 g/mol. The molecule has 0 atom stereocenters. The molecular formula is C20H25N3O2. The number of ketones is 1. The summed E-state index contributed by atoms with van der Waals surface area (Å²) in [7, 11) is 0. The van der Waals surface area contributed by atoms with E-state index in [4.69, 9.17) is 0 Å². The van der Waals surface area contributed by atoms with Crippen molar-refractivity contribution in [2.75, 3.05) is 31.1 Å². The van der Waals surface area contributed by atoms with Crippen LogP contribution in [0.15, 0.2) is 18.2 Å². The molecule has 0 N–H and O–H groups in total. The summed E-state index contributed by atoms with van der Waals surface area (Å²) in [6.45, 7) is 5.03. The number of nitrogens with zero attached hydrogens (tertiary/aromatic N) is 3. The standard InChI is InChI=1S/C20H25N3O2/c1-15(24)17-4-5-18(14-21)19(13-17)22-10-6-16(7-11-22)12-20(25)23-8-2-3-9-23/h4-5,13,16H,2-3,6-12H2,1H3. The zero-order valence-electron chi connectivity index (χ0n) is 14.8. The van der Waals surface area contributed by atoms with Gasteiger partial charge in [0, 0.05) is 38.2 Å². The molecule has 0 unspecified atom stereocenters. The number of Topliss-reactive ketones (excluding diaryl/α,β-unsaturated/α-hetero) is 1. The highest BCUT2D eigenvalue weighted by molar-refractivity contribution is 5.95. The average molecular weight is 339 g/mol. The molecule has 2 saturated heterocycles. The van der Waals surface area contributed by atoms with Gasteiger partial charge in [-0.2, -0.15) is 5.26 Å². The summed E-state index contributed by atoms with van der Waals surface area (Å²) in [5, 5.41) is 9.36. The van der Waals surface area contributed by atoms with Crippen LogP contribution in [-0.4, -0.2) is 42.8 Å². The number of benzene rings is 1. The van der Waals surface area contributed by atoms with Crippen LogP contribution in [0.2, 0.25) is 0 Å². The SMILES string of the molecule is CC(=O)c1ccc(C#N)c(N2CCC(CC(=O)N3CCCC3)CC2)c1. The van der Waals surface area contributed by atoms with Crippen LogP contribution in [0.4, 0.5) is 5.69 Å². The molecule has 2 heterocycles. The zero-order valence-corrected chi connectivity index (χ0v) is 14.8. The third-order valence-corrected chi connectivity index (χ3v) is 5.40. The van der Waals surface area contributed by atoms with E-state index in [2.05, 4.69) is 11.0 Å². The van der Waals surface area contributed by atoms with Crippen LogP contribution in [0.1, 0.15) is 54.9 Å². The first-order valence-electron chi connectivity index (χ1n) is 9.16. The van der Waals surface area contributed by atoms with Gasteiger partial charge in [0.15, 0.2) is 5.78 Å². The zero-order chi connectivity index (χ0) is 17.8. The maximum atomic E-state index is 12.3. The minimum atomic E-state index is 0.0110. The van der Waals surface area contributed by atoms with Gasteiger partial charge in [-0.1, -0.05) is 0 Å². The van der Waals surface area contributed by atoms with E-state index in [0.29, 0.717) is 29.4 Å². The highest BCUT2D eigenvalue weighted by Crippen LogP contribution is 2.29. The number of rotatable bonds is 4. The van der Waals surface area contributed by atoms with Crippen LogP contribution in [0.3, 0.4) is 0 Å². The van der Waals surface area contributed by atoms with E-state index in [1.54, 1.807) is 19.1 Å². The van der Waals surface area contributed by atoms with Gasteiger partial charge in [0.05, 0.1) is 11.3 Å². The van der Waals surface area contributed by atoms with Crippen molar-refractivity contribution in [1.29, 1.82) is 5.26 Å². The number of nitriles is 1. The largest absolute Gasteiger partial charge is 0.370 e. The van der Waals surface area contributed by atoms with E-state index < -0.39 is 0 Å². The summed E-state index contributed by atoms with van der Waals surface area (Å²) in [6, 6.07) is 7.50. The molecule has 2 aliphatic rings. The van der Waals surface area contributed by atoms with Crippen LogP contribution in [-0.2, 0) is 4.79 Å². The Balaban J connectivity index is 1.62. The molecular weight excluding hydrogens is 314 g/mol. The predicted octanol–water partition coefficient (Wildman–Crippen LogP) is 2.99. The second-order valence-electron chi connectivity index (χ2n) is 7.12. The number of likely N-dealkylation sites (tertiary alicyclic amines) is 1. The normalized spacial score (nSPS) is 18.2. The lowest BCUT2D eigenvalue weighted by atomic mass is 9.92. The molecule has 25 heavy (non-hydrogen) atoms. The van der Waals surface area contributed by atoms with Crippen molar-refractivity contribution in [1.82, 2.24) is 4.90 Å². The number of hydrogen-bond acceptors (Lipinski definition) is 4. The summed E-state index contributed by atoms with van der Waals surface area (Å²) < 4.78 is 0. The average Bonchev–Trinajstić information content (AvgIpc) is 3.16. The third-order valence-electron chi connectivity index (χ3n) is 5.40. The van der Waals surface area contributed by atoms with E-state index >= 15 is 0 Å². The molecule has 0 spiro atoms. The number of piperidine rings is 1. The third kappa shape index (κ3) is 4.01. The molecule has 0 radical (unpaired) electrons. The van der Waals surface area contributed by atoms with E-state index in [-0.39, 0.29) is 5.78 Å². The fourth-order valence-electron chi connectivity index (χ4n) is 3.83. The fraction of sp³-hybridized carbons (Fsp3) is 0.550. The number of carbonyl (C=O) groups excluding carboxylic acids is 2. The predicted molar refractivity (Wildman–Crippen MR) is 96.5 cm³/mol. The van der Waals surface area contributed by atoms with Gasteiger partial charge >= 0.3 is 0 Å². The molecule has 0 aromatic heterocycles. The number of amides is 1. The molecule has 0 saturated carbocycles. The van der Waals surface area contributed by atoms with Gasteiger partial charge < -0.3 is 9.80 Å². The quantitative estimate of drug-likeness (QED) is 0.791. The fourth-order valence-corrected chi connectivity index (χ4v) is 3.83. The smallest absolute Gasteiger partial charge is 0.222 e. The summed E-state index contributed by atoms with van der Waals surface area (Å²) in [5.41, 5.74) is 2.09. The van der Waals surface area contributed by atoms with Crippen molar-refractivity contribution >= 4 is 17.4 Å². The van der Waals surface area contributed by atoms with Crippen LogP contribution >= 0.6 is 0 Å². The summed E-state index contributed by atoms with van der Waals surface area (Å²) in [6.07, 6.45) is 4.82. The van der Waals surface area contributed by atoms with Crippen molar-refractivity contribution < 1.29 is 9.59 Å². The molecule has 5 nitrogen and oxygen atoms in total. The Morgan fingerprint density at radius 1 is 1.16 bits per heavy atom. The molecule has 3 rings (SSSR count). The van der Waals surface area contributed by atoms with Crippen LogP contribution in [0, 0.1) is 17.2 Å². The topological polar surface area (TPSA) is 64.4 Å². The lowest BCUT2D eigenvalue weighted by Gasteiger charge is -2.34. The molecule has 132 valence electrons. The van der Waals surface area contributed by atoms with E-state index in [1.165, 1.54) is 0 Å². The highest BCUT2D eigenvalue weighted by Gasteiger charge is 2.26. The highest BCUT2D eigenvalue weighted by atomic mass is 16.2. The minimum Gasteiger partial charge on any atom is -0.370 e. The van der Waals surface area contributed by atoms with Crippen molar-refractivity contribution in [2.45, 2.75) is 39.0 Å². The molecule has 1 amide bonds. The number of anilines is 1. The summed E-state index contributed by atoms with van der Waals surface area (Å²) >= 11 is 0.